The van der Waals surface area contributed by atoms with Crippen molar-refractivity contribution < 1.29 is 9.47 Å². The third kappa shape index (κ3) is 3.01. The van der Waals surface area contributed by atoms with Crippen LogP contribution in [0.3, 0.4) is 0 Å². The fraction of sp³-hybridized carbons (Fsp3) is 0.476. The lowest BCUT2D eigenvalue weighted by Crippen LogP contribution is -2.45. The first-order chi connectivity index (χ1) is 12.8. The number of hydrogen-bond acceptors (Lipinski definition) is 5. The summed E-state index contributed by atoms with van der Waals surface area (Å²) in [5.74, 6) is 2.88. The summed E-state index contributed by atoms with van der Waals surface area (Å²) >= 11 is 0. The largest absolute Gasteiger partial charge is 0.454 e. The third-order valence-corrected chi connectivity index (χ3v) is 6.00. The molecule has 1 aromatic carbocycles. The minimum absolute atomic E-state index is 0.342. The van der Waals surface area contributed by atoms with Crippen molar-refractivity contribution in [1.82, 2.24) is 9.88 Å². The lowest BCUT2D eigenvalue weighted by Gasteiger charge is -2.41. The molecule has 0 aliphatic carbocycles. The summed E-state index contributed by atoms with van der Waals surface area (Å²) in [4.78, 5) is 9.64. The van der Waals surface area contributed by atoms with Crippen molar-refractivity contribution in [3.63, 3.8) is 0 Å². The molecule has 1 unspecified atom stereocenters. The maximum atomic E-state index is 5.52. The van der Waals surface area contributed by atoms with E-state index in [1.165, 1.54) is 37.9 Å². The van der Waals surface area contributed by atoms with Crippen molar-refractivity contribution in [1.29, 1.82) is 0 Å². The molecule has 0 saturated carbocycles. The minimum Gasteiger partial charge on any atom is -0.454 e. The molecule has 2 aromatic rings. The average Bonchev–Trinajstić information content (AvgIpc) is 3.29. The van der Waals surface area contributed by atoms with Gasteiger partial charge in [0.15, 0.2) is 11.5 Å². The molecule has 0 radical (unpaired) electrons. The molecule has 1 spiro atoms. The summed E-state index contributed by atoms with van der Waals surface area (Å²) in [5.41, 5.74) is 1.72. The molecular formula is C21H25N3O2. The van der Waals surface area contributed by atoms with Crippen LogP contribution in [0.25, 0.3) is 0 Å². The van der Waals surface area contributed by atoms with Gasteiger partial charge in [-0.3, -0.25) is 4.90 Å². The van der Waals surface area contributed by atoms with Crippen LogP contribution < -0.4 is 14.4 Å². The Kier molecular flexibility index (Phi) is 3.97. The van der Waals surface area contributed by atoms with Gasteiger partial charge < -0.3 is 14.4 Å². The van der Waals surface area contributed by atoms with Crippen molar-refractivity contribution in [2.75, 3.05) is 37.9 Å². The maximum Gasteiger partial charge on any atom is 0.231 e. The van der Waals surface area contributed by atoms with E-state index in [9.17, 15) is 0 Å². The molecule has 4 heterocycles. The Balaban J connectivity index is 1.26. The first-order valence-electron chi connectivity index (χ1n) is 9.57. The van der Waals surface area contributed by atoms with Gasteiger partial charge in [0, 0.05) is 37.8 Å². The highest BCUT2D eigenvalue weighted by Crippen LogP contribution is 2.41. The van der Waals surface area contributed by atoms with Crippen LogP contribution in [-0.4, -0.2) is 42.9 Å². The van der Waals surface area contributed by atoms with Gasteiger partial charge in [-0.25, -0.2) is 4.98 Å². The molecule has 3 aliphatic heterocycles. The highest BCUT2D eigenvalue weighted by atomic mass is 16.7. The second-order valence-corrected chi connectivity index (χ2v) is 7.86. The normalized spacial score (nSPS) is 25.2. The van der Waals surface area contributed by atoms with Gasteiger partial charge in [0.1, 0.15) is 5.82 Å². The van der Waals surface area contributed by atoms with Crippen molar-refractivity contribution >= 4 is 5.82 Å². The molecule has 136 valence electrons. The van der Waals surface area contributed by atoms with Crippen LogP contribution in [0.2, 0.25) is 0 Å². The predicted molar refractivity (Wildman–Crippen MR) is 101 cm³/mol. The van der Waals surface area contributed by atoms with E-state index in [2.05, 4.69) is 39.0 Å². The smallest absolute Gasteiger partial charge is 0.231 e. The number of hydrogen-bond donors (Lipinski definition) is 0. The molecule has 2 saturated heterocycles. The molecule has 0 amide bonds. The van der Waals surface area contributed by atoms with Gasteiger partial charge in [-0.05, 0) is 55.6 Å². The van der Waals surface area contributed by atoms with Gasteiger partial charge in [0.2, 0.25) is 6.79 Å². The Hall–Kier alpha value is -2.27. The van der Waals surface area contributed by atoms with Gasteiger partial charge in [0.05, 0.1) is 0 Å². The molecule has 26 heavy (non-hydrogen) atoms. The monoisotopic (exact) mass is 351 g/mol. The zero-order valence-corrected chi connectivity index (χ0v) is 15.1. The molecule has 2 fully saturated rings. The Morgan fingerprint density at radius 1 is 1.00 bits per heavy atom. The van der Waals surface area contributed by atoms with E-state index in [4.69, 9.17) is 9.47 Å². The van der Waals surface area contributed by atoms with Crippen molar-refractivity contribution in [3.05, 3.63) is 48.2 Å². The molecule has 0 N–H and O–H groups in total. The van der Waals surface area contributed by atoms with Gasteiger partial charge in [-0.15, -0.1) is 0 Å². The maximum absolute atomic E-state index is 5.52. The number of aromatic nitrogens is 1. The molecule has 5 rings (SSSR count). The van der Waals surface area contributed by atoms with E-state index >= 15 is 0 Å². The second kappa shape index (κ2) is 6.47. The van der Waals surface area contributed by atoms with Crippen LogP contribution in [0.1, 0.15) is 24.8 Å². The van der Waals surface area contributed by atoms with Crippen LogP contribution in [0.4, 0.5) is 5.82 Å². The molecular weight excluding hydrogens is 326 g/mol. The average molecular weight is 351 g/mol. The first-order valence-corrected chi connectivity index (χ1v) is 9.57. The first kappa shape index (κ1) is 15.9. The Morgan fingerprint density at radius 3 is 2.88 bits per heavy atom. The van der Waals surface area contributed by atoms with Gasteiger partial charge >= 0.3 is 0 Å². The topological polar surface area (TPSA) is 37.8 Å². The predicted octanol–water partition coefficient (Wildman–Crippen LogP) is 3.30. The lowest BCUT2D eigenvalue weighted by molar-refractivity contribution is 0.174. The highest BCUT2D eigenvalue weighted by Gasteiger charge is 2.41. The third-order valence-electron chi connectivity index (χ3n) is 6.00. The van der Waals surface area contributed by atoms with E-state index in [1.807, 2.05) is 18.3 Å². The summed E-state index contributed by atoms with van der Waals surface area (Å²) in [6, 6.07) is 12.6. The zero-order valence-electron chi connectivity index (χ0n) is 15.1. The van der Waals surface area contributed by atoms with E-state index in [-0.39, 0.29) is 0 Å². The Morgan fingerprint density at radius 2 is 1.96 bits per heavy atom. The Labute approximate surface area is 154 Å². The number of nitrogens with zero attached hydrogens (tertiary/aromatic N) is 3. The number of benzene rings is 1. The van der Waals surface area contributed by atoms with Gasteiger partial charge in [-0.1, -0.05) is 12.1 Å². The van der Waals surface area contributed by atoms with Crippen LogP contribution >= 0.6 is 0 Å². The van der Waals surface area contributed by atoms with E-state index in [0.29, 0.717) is 12.2 Å². The van der Waals surface area contributed by atoms with E-state index in [1.54, 1.807) is 0 Å². The summed E-state index contributed by atoms with van der Waals surface area (Å²) in [6.07, 6.45) is 5.76. The molecule has 1 atom stereocenters. The SMILES string of the molecule is c1ccc(N2CCCC3(CCN(Cc4ccc5c(c4)OCO5)C3)C2)nc1. The molecule has 0 bridgehead atoms. The molecule has 5 heteroatoms. The highest BCUT2D eigenvalue weighted by molar-refractivity contribution is 5.44. The van der Waals surface area contributed by atoms with Crippen molar-refractivity contribution in [2.45, 2.75) is 25.8 Å². The van der Waals surface area contributed by atoms with Crippen LogP contribution in [0, 0.1) is 5.41 Å². The van der Waals surface area contributed by atoms with Crippen LogP contribution in [-0.2, 0) is 6.54 Å². The number of pyridine rings is 1. The fourth-order valence-electron chi connectivity index (χ4n) is 4.74. The number of anilines is 1. The van der Waals surface area contributed by atoms with E-state index in [0.717, 1.165) is 37.0 Å². The van der Waals surface area contributed by atoms with Crippen molar-refractivity contribution in [2.24, 2.45) is 5.41 Å². The van der Waals surface area contributed by atoms with Crippen LogP contribution in [0.15, 0.2) is 42.6 Å². The summed E-state index contributed by atoms with van der Waals surface area (Å²) in [5, 5.41) is 0. The van der Waals surface area contributed by atoms with Crippen molar-refractivity contribution in [3.8, 4) is 11.5 Å². The number of fused-ring (bicyclic) bond motifs is 1. The van der Waals surface area contributed by atoms with Gasteiger partial charge in [0.25, 0.3) is 0 Å². The quantitative estimate of drug-likeness (QED) is 0.848. The van der Waals surface area contributed by atoms with Crippen LogP contribution in [0.5, 0.6) is 11.5 Å². The number of piperidine rings is 1. The molecule has 5 nitrogen and oxygen atoms in total. The molecule has 3 aliphatic rings. The minimum atomic E-state index is 0.342. The zero-order chi connectivity index (χ0) is 17.4. The fourth-order valence-corrected chi connectivity index (χ4v) is 4.74. The molecule has 1 aromatic heterocycles. The summed E-state index contributed by atoms with van der Waals surface area (Å²) < 4.78 is 10.9. The second-order valence-electron chi connectivity index (χ2n) is 7.86. The lowest BCUT2D eigenvalue weighted by atomic mass is 9.79. The standard InChI is InChI=1S/C21H25N3O2/c1-2-9-22-20(4-1)24-10-3-7-21(15-24)8-11-23(14-21)13-17-5-6-18-19(12-17)26-16-25-18/h1-2,4-6,9,12H,3,7-8,10-11,13-16H2. The number of likely N-dealkylation sites (tertiary alicyclic amines) is 1. The number of ether oxygens (including phenoxy) is 2. The number of rotatable bonds is 3. The summed E-state index contributed by atoms with van der Waals surface area (Å²) in [6.45, 7) is 5.93. The van der Waals surface area contributed by atoms with Gasteiger partial charge in [-0.2, -0.15) is 0 Å². The summed E-state index contributed by atoms with van der Waals surface area (Å²) in [7, 11) is 0. The Bertz CT molecular complexity index is 782. The van der Waals surface area contributed by atoms with E-state index < -0.39 is 0 Å².